The normalized spacial score (nSPS) is 20.9. The first-order valence-electron chi connectivity index (χ1n) is 8.93. The molecule has 1 saturated heterocycles. The number of carbonyl (C=O) groups is 2. The molecule has 0 aromatic heterocycles. The highest BCUT2D eigenvalue weighted by atomic mass is 16.5. The van der Waals surface area contributed by atoms with E-state index in [1.54, 1.807) is 7.11 Å². The lowest BCUT2D eigenvalue weighted by Gasteiger charge is -2.35. The van der Waals surface area contributed by atoms with Gasteiger partial charge in [0.25, 0.3) is 0 Å². The number of carbonyl (C=O) groups excluding carboxylic acids is 2. The number of hydrogen-bond donors (Lipinski definition) is 2. The number of hydrogen-bond acceptors (Lipinski definition) is 4. The molecular formula is C19H27N3O3. The summed E-state index contributed by atoms with van der Waals surface area (Å²) in [5.41, 5.74) is 3.46. The average Bonchev–Trinajstić information content (AvgIpc) is 3.39. The van der Waals surface area contributed by atoms with E-state index >= 15 is 0 Å². The van der Waals surface area contributed by atoms with Crippen LogP contribution in [0.15, 0.2) is 12.1 Å². The lowest BCUT2D eigenvalue weighted by molar-refractivity contribution is -0.134. The van der Waals surface area contributed by atoms with Crippen LogP contribution in [-0.2, 0) is 16.1 Å². The molecule has 0 unspecified atom stereocenters. The van der Waals surface area contributed by atoms with Crippen molar-refractivity contribution in [1.29, 1.82) is 0 Å². The van der Waals surface area contributed by atoms with Gasteiger partial charge in [-0.05, 0) is 49.4 Å². The van der Waals surface area contributed by atoms with Crippen molar-refractivity contribution in [2.24, 2.45) is 0 Å². The van der Waals surface area contributed by atoms with E-state index in [1.807, 2.05) is 13.0 Å². The highest BCUT2D eigenvalue weighted by Crippen LogP contribution is 2.26. The van der Waals surface area contributed by atoms with Crippen molar-refractivity contribution >= 4 is 11.8 Å². The fourth-order valence-electron chi connectivity index (χ4n) is 3.33. The number of nitrogens with one attached hydrogen (secondary N) is 2. The van der Waals surface area contributed by atoms with E-state index in [-0.39, 0.29) is 18.2 Å². The summed E-state index contributed by atoms with van der Waals surface area (Å²) in [4.78, 5) is 26.6. The zero-order valence-electron chi connectivity index (χ0n) is 15.2. The lowest BCUT2D eigenvalue weighted by atomic mass is 10.00. The van der Waals surface area contributed by atoms with Crippen LogP contribution < -0.4 is 15.4 Å². The first-order chi connectivity index (χ1) is 12.0. The van der Waals surface area contributed by atoms with Crippen molar-refractivity contribution in [2.45, 2.75) is 51.7 Å². The SMILES string of the molecule is COc1ccc(CN2CCNC(=O)[C@@H]2CC(=O)NC2CC2)c(C)c1C. The minimum Gasteiger partial charge on any atom is -0.496 e. The van der Waals surface area contributed by atoms with Gasteiger partial charge in [-0.1, -0.05) is 6.07 Å². The maximum atomic E-state index is 12.3. The molecule has 2 amide bonds. The highest BCUT2D eigenvalue weighted by Gasteiger charge is 2.33. The molecular weight excluding hydrogens is 318 g/mol. The Morgan fingerprint density at radius 2 is 2.08 bits per heavy atom. The molecule has 1 aliphatic heterocycles. The van der Waals surface area contributed by atoms with Gasteiger partial charge in [-0.15, -0.1) is 0 Å². The Morgan fingerprint density at radius 1 is 1.32 bits per heavy atom. The minimum absolute atomic E-state index is 0.0304. The van der Waals surface area contributed by atoms with Crippen LogP contribution in [0, 0.1) is 13.8 Å². The van der Waals surface area contributed by atoms with Crippen LogP contribution in [0.1, 0.15) is 36.0 Å². The van der Waals surface area contributed by atoms with Gasteiger partial charge in [0, 0.05) is 25.7 Å². The first kappa shape index (κ1) is 17.7. The Kier molecular flexibility index (Phi) is 5.27. The Bertz CT molecular complexity index is 670. The lowest BCUT2D eigenvalue weighted by Crippen LogP contribution is -2.56. The summed E-state index contributed by atoms with van der Waals surface area (Å²) in [6.07, 6.45) is 2.32. The zero-order valence-corrected chi connectivity index (χ0v) is 15.2. The Labute approximate surface area is 148 Å². The van der Waals surface area contributed by atoms with Crippen LogP contribution in [0.25, 0.3) is 0 Å². The second kappa shape index (κ2) is 7.44. The Morgan fingerprint density at radius 3 is 2.76 bits per heavy atom. The molecule has 2 aliphatic rings. The number of amides is 2. The zero-order chi connectivity index (χ0) is 18.0. The summed E-state index contributed by atoms with van der Waals surface area (Å²) in [7, 11) is 1.67. The van der Waals surface area contributed by atoms with Crippen LogP contribution in [0.3, 0.4) is 0 Å². The number of piperazine rings is 1. The van der Waals surface area contributed by atoms with Crippen molar-refractivity contribution in [2.75, 3.05) is 20.2 Å². The standard InChI is InChI=1S/C19H27N3O3/c1-12-13(2)17(25-3)7-4-14(12)11-22-9-8-20-19(24)16(22)10-18(23)21-15-5-6-15/h4,7,15-16H,5-6,8-11H2,1-3H3,(H,20,24)(H,21,23)/t16-/m0/s1. The summed E-state index contributed by atoms with van der Waals surface area (Å²) in [5.74, 6) is 0.787. The molecule has 136 valence electrons. The van der Waals surface area contributed by atoms with Crippen LogP contribution in [0.4, 0.5) is 0 Å². The molecule has 1 atom stereocenters. The maximum Gasteiger partial charge on any atom is 0.237 e. The van der Waals surface area contributed by atoms with Gasteiger partial charge in [0.05, 0.1) is 19.6 Å². The van der Waals surface area contributed by atoms with Crippen LogP contribution in [0.5, 0.6) is 5.75 Å². The van der Waals surface area contributed by atoms with Gasteiger partial charge >= 0.3 is 0 Å². The summed E-state index contributed by atoms with van der Waals surface area (Å²) in [5, 5.41) is 5.87. The molecule has 6 heteroatoms. The van der Waals surface area contributed by atoms with Crippen molar-refractivity contribution in [3.05, 3.63) is 28.8 Å². The van der Waals surface area contributed by atoms with E-state index in [9.17, 15) is 9.59 Å². The third-order valence-corrected chi connectivity index (χ3v) is 5.21. The molecule has 25 heavy (non-hydrogen) atoms. The molecule has 6 nitrogen and oxygen atoms in total. The van der Waals surface area contributed by atoms with E-state index in [0.717, 1.165) is 30.7 Å². The van der Waals surface area contributed by atoms with Gasteiger partial charge < -0.3 is 15.4 Å². The fourth-order valence-corrected chi connectivity index (χ4v) is 3.33. The molecule has 2 N–H and O–H groups in total. The van der Waals surface area contributed by atoms with Gasteiger partial charge in [0.1, 0.15) is 5.75 Å². The van der Waals surface area contributed by atoms with Gasteiger partial charge in [0.2, 0.25) is 11.8 Å². The number of nitrogens with zero attached hydrogens (tertiary/aromatic N) is 1. The fraction of sp³-hybridized carbons (Fsp3) is 0.579. The third kappa shape index (κ3) is 4.12. The number of benzene rings is 1. The van der Waals surface area contributed by atoms with Crippen LogP contribution in [0.2, 0.25) is 0 Å². The molecule has 0 spiro atoms. The van der Waals surface area contributed by atoms with Gasteiger partial charge in [-0.25, -0.2) is 0 Å². The molecule has 0 radical (unpaired) electrons. The van der Waals surface area contributed by atoms with Gasteiger partial charge in [-0.2, -0.15) is 0 Å². The number of methoxy groups -OCH3 is 1. The van der Waals surface area contributed by atoms with E-state index in [1.165, 1.54) is 11.1 Å². The van der Waals surface area contributed by atoms with Crippen LogP contribution >= 0.6 is 0 Å². The van der Waals surface area contributed by atoms with E-state index in [2.05, 4.69) is 28.5 Å². The van der Waals surface area contributed by atoms with E-state index < -0.39 is 6.04 Å². The molecule has 1 aliphatic carbocycles. The second-order valence-electron chi connectivity index (χ2n) is 7.00. The first-order valence-corrected chi connectivity index (χ1v) is 8.93. The minimum atomic E-state index is -0.408. The quantitative estimate of drug-likeness (QED) is 0.815. The predicted octanol–water partition coefficient (Wildman–Crippen LogP) is 1.28. The van der Waals surface area contributed by atoms with Crippen molar-refractivity contribution in [3.8, 4) is 5.75 Å². The Hall–Kier alpha value is -2.08. The number of ether oxygens (including phenoxy) is 1. The van der Waals surface area contributed by atoms with E-state index in [4.69, 9.17) is 4.74 Å². The predicted molar refractivity (Wildman–Crippen MR) is 95.5 cm³/mol. The molecule has 2 fully saturated rings. The monoisotopic (exact) mass is 345 g/mol. The second-order valence-corrected chi connectivity index (χ2v) is 7.00. The molecule has 1 aromatic rings. The average molecular weight is 345 g/mol. The molecule has 1 heterocycles. The van der Waals surface area contributed by atoms with Crippen molar-refractivity contribution in [1.82, 2.24) is 15.5 Å². The van der Waals surface area contributed by atoms with Crippen molar-refractivity contribution in [3.63, 3.8) is 0 Å². The smallest absolute Gasteiger partial charge is 0.237 e. The molecule has 1 saturated carbocycles. The van der Waals surface area contributed by atoms with Gasteiger partial charge in [-0.3, -0.25) is 14.5 Å². The topological polar surface area (TPSA) is 70.7 Å². The summed E-state index contributed by atoms with van der Waals surface area (Å²) < 4.78 is 5.37. The van der Waals surface area contributed by atoms with Crippen LogP contribution in [-0.4, -0.2) is 49.0 Å². The number of rotatable bonds is 6. The Balaban J connectivity index is 1.73. The maximum absolute atomic E-state index is 12.3. The summed E-state index contributed by atoms with van der Waals surface area (Å²) in [6.45, 7) is 6.14. The highest BCUT2D eigenvalue weighted by molar-refractivity contribution is 5.89. The van der Waals surface area contributed by atoms with Crippen molar-refractivity contribution < 1.29 is 14.3 Å². The molecule has 0 bridgehead atoms. The largest absolute Gasteiger partial charge is 0.496 e. The van der Waals surface area contributed by atoms with Gasteiger partial charge in [0.15, 0.2) is 0 Å². The summed E-state index contributed by atoms with van der Waals surface area (Å²) in [6, 6.07) is 3.93. The molecule has 1 aromatic carbocycles. The molecule has 3 rings (SSSR count). The summed E-state index contributed by atoms with van der Waals surface area (Å²) >= 11 is 0. The third-order valence-electron chi connectivity index (χ3n) is 5.21. The van der Waals surface area contributed by atoms with E-state index in [0.29, 0.717) is 19.1 Å².